The highest BCUT2D eigenvalue weighted by Gasteiger charge is 2.21. The first kappa shape index (κ1) is 20.2. The molecule has 1 aliphatic rings. The zero-order valence-electron chi connectivity index (χ0n) is 15.6. The molecule has 0 radical (unpaired) electrons. The van der Waals surface area contributed by atoms with Crippen molar-refractivity contribution in [3.8, 4) is 5.75 Å². The van der Waals surface area contributed by atoms with Gasteiger partial charge < -0.3 is 9.64 Å². The third-order valence-electron chi connectivity index (χ3n) is 4.34. The van der Waals surface area contributed by atoms with Crippen LogP contribution in [0, 0.1) is 0 Å². The lowest BCUT2D eigenvalue weighted by atomic mass is 10.2. The van der Waals surface area contributed by atoms with Gasteiger partial charge in [-0.2, -0.15) is 0 Å². The highest BCUT2D eigenvalue weighted by atomic mass is 32.2. The van der Waals surface area contributed by atoms with Crippen LogP contribution in [-0.2, 0) is 16.6 Å². The molecule has 0 unspecified atom stereocenters. The van der Waals surface area contributed by atoms with E-state index in [-0.39, 0.29) is 0 Å². The molecule has 7 heteroatoms. The number of rotatable bonds is 8. The molecule has 142 valence electrons. The first-order valence-electron chi connectivity index (χ1n) is 8.88. The Labute approximate surface area is 152 Å². The van der Waals surface area contributed by atoms with Gasteiger partial charge in [0.25, 0.3) is 0 Å². The largest absolute Gasteiger partial charge is 0.494 e. The highest BCUT2D eigenvalue weighted by molar-refractivity contribution is 7.88. The summed E-state index contributed by atoms with van der Waals surface area (Å²) >= 11 is 0. The lowest BCUT2D eigenvalue weighted by Gasteiger charge is -2.21. The third-order valence-corrected chi connectivity index (χ3v) is 5.64. The van der Waals surface area contributed by atoms with Crippen LogP contribution in [0.1, 0.15) is 18.4 Å². The van der Waals surface area contributed by atoms with Crippen LogP contribution >= 0.6 is 0 Å². The minimum absolute atomic E-state index is 0.569. The van der Waals surface area contributed by atoms with Crippen molar-refractivity contribution in [2.45, 2.75) is 19.4 Å². The second-order valence-corrected chi connectivity index (χ2v) is 8.93. The molecule has 0 spiro atoms. The van der Waals surface area contributed by atoms with E-state index >= 15 is 0 Å². The van der Waals surface area contributed by atoms with Gasteiger partial charge in [-0.1, -0.05) is 12.1 Å². The fourth-order valence-corrected chi connectivity index (χ4v) is 3.87. The molecule has 2 rings (SSSR count). The van der Waals surface area contributed by atoms with E-state index in [1.54, 1.807) is 4.31 Å². The van der Waals surface area contributed by atoms with E-state index in [9.17, 15) is 8.42 Å². The number of hydrogen-bond donors (Lipinski definition) is 0. The monoisotopic (exact) mass is 369 g/mol. The summed E-state index contributed by atoms with van der Waals surface area (Å²) in [4.78, 5) is 4.47. The van der Waals surface area contributed by atoms with Crippen LogP contribution in [0.15, 0.2) is 24.3 Å². The van der Waals surface area contributed by atoms with Gasteiger partial charge >= 0.3 is 0 Å². The van der Waals surface area contributed by atoms with E-state index < -0.39 is 10.0 Å². The summed E-state index contributed by atoms with van der Waals surface area (Å²) < 4.78 is 30.8. The normalized spacial score (nSPS) is 17.6. The second-order valence-electron chi connectivity index (χ2n) is 6.94. The van der Waals surface area contributed by atoms with Gasteiger partial charge in [-0.25, -0.2) is 12.7 Å². The molecule has 25 heavy (non-hydrogen) atoms. The molecule has 0 bridgehead atoms. The zero-order chi connectivity index (χ0) is 18.3. The minimum atomic E-state index is -3.09. The number of sulfonamides is 1. The standard InChI is InChI=1S/C18H31N3O3S/c1-19(2)9-6-14-24-18-8-4-7-17(15-18)16-20-10-5-11-21(13-12-20)25(3,22)23/h4,7-8,15H,5-6,9-14,16H2,1-3H3. The second kappa shape index (κ2) is 9.52. The quantitative estimate of drug-likeness (QED) is 0.650. The minimum Gasteiger partial charge on any atom is -0.494 e. The summed E-state index contributed by atoms with van der Waals surface area (Å²) in [5, 5.41) is 0. The summed E-state index contributed by atoms with van der Waals surface area (Å²) in [6, 6.07) is 8.21. The van der Waals surface area contributed by atoms with E-state index in [4.69, 9.17) is 4.74 Å². The first-order valence-corrected chi connectivity index (χ1v) is 10.7. The Balaban J connectivity index is 1.85. The Hall–Kier alpha value is -1.15. The Morgan fingerprint density at radius 3 is 2.68 bits per heavy atom. The maximum absolute atomic E-state index is 11.7. The maximum atomic E-state index is 11.7. The predicted molar refractivity (Wildman–Crippen MR) is 101 cm³/mol. The van der Waals surface area contributed by atoms with Gasteiger partial charge in [0.1, 0.15) is 5.75 Å². The van der Waals surface area contributed by atoms with Crippen molar-refractivity contribution in [1.82, 2.24) is 14.1 Å². The fraction of sp³-hybridized carbons (Fsp3) is 0.667. The van der Waals surface area contributed by atoms with Crippen LogP contribution in [0.3, 0.4) is 0 Å². The highest BCUT2D eigenvalue weighted by Crippen LogP contribution is 2.16. The Morgan fingerprint density at radius 1 is 1.16 bits per heavy atom. The van der Waals surface area contributed by atoms with Crippen molar-refractivity contribution < 1.29 is 13.2 Å². The molecule has 0 saturated carbocycles. The van der Waals surface area contributed by atoms with Crippen molar-refractivity contribution in [2.24, 2.45) is 0 Å². The third kappa shape index (κ3) is 7.32. The molecule has 0 amide bonds. The van der Waals surface area contributed by atoms with Gasteiger partial charge in [0, 0.05) is 32.7 Å². The number of ether oxygens (including phenoxy) is 1. The molecular weight excluding hydrogens is 338 g/mol. The molecule has 1 aliphatic heterocycles. The molecule has 6 nitrogen and oxygen atoms in total. The lowest BCUT2D eigenvalue weighted by Crippen LogP contribution is -2.34. The van der Waals surface area contributed by atoms with Crippen LogP contribution in [0.5, 0.6) is 5.75 Å². The van der Waals surface area contributed by atoms with Crippen LogP contribution in [0.2, 0.25) is 0 Å². The van der Waals surface area contributed by atoms with Crippen LogP contribution in [0.25, 0.3) is 0 Å². The topological polar surface area (TPSA) is 53.1 Å². The molecule has 0 N–H and O–H groups in total. The van der Waals surface area contributed by atoms with E-state index in [2.05, 4.69) is 36.0 Å². The summed E-state index contributed by atoms with van der Waals surface area (Å²) in [5.41, 5.74) is 1.21. The Bertz CT molecular complexity index is 634. The molecule has 1 heterocycles. The fourth-order valence-electron chi connectivity index (χ4n) is 3.00. The van der Waals surface area contributed by atoms with Gasteiger partial charge in [-0.05, 0) is 51.2 Å². The summed E-state index contributed by atoms with van der Waals surface area (Å²) in [6.07, 6.45) is 3.16. The van der Waals surface area contributed by atoms with Gasteiger partial charge in [0.05, 0.1) is 12.9 Å². The predicted octanol–water partition coefficient (Wildman–Crippen LogP) is 1.48. The zero-order valence-corrected chi connectivity index (χ0v) is 16.5. The number of nitrogens with zero attached hydrogens (tertiary/aromatic N) is 3. The van der Waals surface area contributed by atoms with Gasteiger partial charge in [-0.15, -0.1) is 0 Å². The smallest absolute Gasteiger partial charge is 0.211 e. The molecule has 1 aromatic rings. The summed E-state index contributed by atoms with van der Waals surface area (Å²) in [7, 11) is 1.04. The van der Waals surface area contributed by atoms with Crippen LogP contribution in [-0.4, -0.2) is 82.2 Å². The number of benzene rings is 1. The SMILES string of the molecule is CN(C)CCCOc1cccc(CN2CCCN(S(C)(=O)=O)CC2)c1. The summed E-state index contributed by atoms with van der Waals surface area (Å²) in [5.74, 6) is 0.906. The summed E-state index contributed by atoms with van der Waals surface area (Å²) in [6.45, 7) is 5.43. The Morgan fingerprint density at radius 2 is 1.96 bits per heavy atom. The number of hydrogen-bond acceptors (Lipinski definition) is 5. The molecule has 1 saturated heterocycles. The molecular formula is C18H31N3O3S. The van der Waals surface area contributed by atoms with E-state index in [1.807, 2.05) is 12.1 Å². The first-order chi connectivity index (χ1) is 11.8. The van der Waals surface area contributed by atoms with Crippen molar-refractivity contribution in [3.63, 3.8) is 0 Å². The van der Waals surface area contributed by atoms with Crippen LogP contribution in [0.4, 0.5) is 0 Å². The molecule has 0 aromatic heterocycles. The molecule has 0 atom stereocenters. The van der Waals surface area contributed by atoms with Crippen molar-refractivity contribution in [3.05, 3.63) is 29.8 Å². The van der Waals surface area contributed by atoms with Crippen LogP contribution < -0.4 is 4.74 Å². The molecule has 1 fully saturated rings. The van der Waals surface area contributed by atoms with Crippen molar-refractivity contribution in [2.75, 3.05) is 59.7 Å². The van der Waals surface area contributed by atoms with E-state index in [0.717, 1.165) is 44.8 Å². The molecule has 1 aromatic carbocycles. The van der Waals surface area contributed by atoms with Crippen molar-refractivity contribution in [1.29, 1.82) is 0 Å². The van der Waals surface area contributed by atoms with Gasteiger partial charge in [-0.3, -0.25) is 4.90 Å². The van der Waals surface area contributed by atoms with E-state index in [1.165, 1.54) is 11.8 Å². The van der Waals surface area contributed by atoms with Gasteiger partial charge in [0.2, 0.25) is 10.0 Å². The van der Waals surface area contributed by atoms with Gasteiger partial charge in [0.15, 0.2) is 0 Å². The maximum Gasteiger partial charge on any atom is 0.211 e. The molecule has 0 aliphatic carbocycles. The lowest BCUT2D eigenvalue weighted by molar-refractivity contribution is 0.273. The Kier molecular flexibility index (Phi) is 7.68. The van der Waals surface area contributed by atoms with E-state index in [0.29, 0.717) is 19.7 Å². The average Bonchev–Trinajstić information content (AvgIpc) is 2.77. The van der Waals surface area contributed by atoms with Crippen molar-refractivity contribution >= 4 is 10.0 Å². The average molecular weight is 370 g/mol.